The third kappa shape index (κ3) is 7.22. The second-order valence-electron chi connectivity index (χ2n) is 9.74. The van der Waals surface area contributed by atoms with Gasteiger partial charge in [-0.1, -0.05) is 57.9 Å². The van der Waals surface area contributed by atoms with Crippen molar-refractivity contribution in [2.24, 2.45) is 5.10 Å². The maximum atomic E-state index is 13.4. The molecule has 0 fully saturated rings. The van der Waals surface area contributed by atoms with Crippen LogP contribution in [0.15, 0.2) is 88.4 Å². The number of aromatic amines is 1. The third-order valence-corrected chi connectivity index (χ3v) is 7.37. The number of halogens is 2. The van der Waals surface area contributed by atoms with Gasteiger partial charge in [-0.25, -0.2) is 10.2 Å². The normalized spacial score (nSPS) is 11.0. The first-order valence-corrected chi connectivity index (χ1v) is 15.1. The Kier molecular flexibility index (Phi) is 10.0. The topological polar surface area (TPSA) is 128 Å². The van der Waals surface area contributed by atoms with Crippen LogP contribution in [0, 0.1) is 0 Å². The van der Waals surface area contributed by atoms with Crippen LogP contribution in [0.4, 0.5) is 0 Å². The molecule has 5 aromatic rings. The molecule has 0 bridgehead atoms. The number of H-pyrrole nitrogens is 1. The van der Waals surface area contributed by atoms with E-state index in [-0.39, 0.29) is 28.6 Å². The number of nitrogens with zero attached hydrogens (tertiary/aromatic N) is 1. The highest BCUT2D eigenvalue weighted by Gasteiger charge is 2.21. The van der Waals surface area contributed by atoms with E-state index in [1.807, 2.05) is 36.4 Å². The number of hydrogen-bond acceptors (Lipinski definition) is 8. The molecular weight excluding hydrogens is 678 g/mol. The maximum Gasteiger partial charge on any atom is 0.343 e. The minimum Gasteiger partial charge on any atom is -0.493 e. The quantitative estimate of drug-likeness (QED) is 0.0665. The molecule has 2 N–H and O–H groups in total. The summed E-state index contributed by atoms with van der Waals surface area (Å²) < 4.78 is 22.4. The Morgan fingerprint density at radius 2 is 1.67 bits per heavy atom. The summed E-state index contributed by atoms with van der Waals surface area (Å²) in [5.41, 5.74) is 5.77. The highest BCUT2D eigenvalue weighted by molar-refractivity contribution is 9.10. The van der Waals surface area contributed by atoms with Crippen LogP contribution in [0.5, 0.6) is 23.0 Å². The van der Waals surface area contributed by atoms with E-state index >= 15 is 0 Å². The first-order chi connectivity index (χ1) is 22.2. The molecule has 0 radical (unpaired) electrons. The van der Waals surface area contributed by atoms with Crippen LogP contribution >= 0.6 is 27.5 Å². The van der Waals surface area contributed by atoms with Crippen molar-refractivity contribution < 1.29 is 33.3 Å². The highest BCUT2D eigenvalue weighted by atomic mass is 79.9. The van der Waals surface area contributed by atoms with Gasteiger partial charge in [0.05, 0.1) is 36.0 Å². The van der Waals surface area contributed by atoms with E-state index in [2.05, 4.69) is 31.4 Å². The lowest BCUT2D eigenvalue weighted by Gasteiger charge is -2.13. The number of benzene rings is 4. The van der Waals surface area contributed by atoms with E-state index in [1.54, 1.807) is 31.2 Å². The number of aromatic nitrogens is 1. The second kappa shape index (κ2) is 14.3. The molecule has 0 unspecified atom stereocenters. The van der Waals surface area contributed by atoms with Crippen molar-refractivity contribution in [2.75, 3.05) is 13.7 Å². The van der Waals surface area contributed by atoms with Gasteiger partial charge in [0, 0.05) is 22.3 Å². The minimum absolute atomic E-state index is 0.170. The van der Waals surface area contributed by atoms with Crippen LogP contribution in [-0.2, 0) is 4.79 Å². The molecule has 0 saturated carbocycles. The monoisotopic (exact) mass is 703 g/mol. The van der Waals surface area contributed by atoms with E-state index in [0.717, 1.165) is 15.4 Å². The summed E-state index contributed by atoms with van der Waals surface area (Å²) in [4.78, 5) is 40.8. The lowest BCUT2D eigenvalue weighted by molar-refractivity contribution is -0.132. The van der Waals surface area contributed by atoms with E-state index in [9.17, 15) is 14.4 Å². The van der Waals surface area contributed by atoms with Crippen LogP contribution in [0.3, 0.4) is 0 Å². The molecule has 0 saturated heterocycles. The van der Waals surface area contributed by atoms with Crippen molar-refractivity contribution in [1.29, 1.82) is 0 Å². The Bertz CT molecular complexity index is 1980. The van der Waals surface area contributed by atoms with Gasteiger partial charge >= 0.3 is 11.9 Å². The molecule has 10 nitrogen and oxygen atoms in total. The average molecular weight is 705 g/mol. The average Bonchev–Trinajstić information content (AvgIpc) is 3.42. The van der Waals surface area contributed by atoms with Crippen molar-refractivity contribution in [3.8, 4) is 34.1 Å². The first kappa shape index (κ1) is 32.3. The van der Waals surface area contributed by atoms with Crippen LogP contribution in [0.2, 0.25) is 5.02 Å². The molecular formula is C34H27BrClN3O7. The number of ether oxygens (including phenoxy) is 4. The van der Waals surface area contributed by atoms with Gasteiger partial charge in [-0.05, 0) is 66.6 Å². The smallest absolute Gasteiger partial charge is 0.343 e. The third-order valence-electron chi connectivity index (χ3n) is 6.62. The van der Waals surface area contributed by atoms with Gasteiger partial charge < -0.3 is 23.9 Å². The Morgan fingerprint density at radius 1 is 0.935 bits per heavy atom. The SMILES string of the molecule is CCOc1cc(C=NNC(=O)c2[nH]c3c(Cl)cc(Br)cc3c2-c2ccccc2)ccc1OC(=O)c1ccc(OC(C)=O)c(OC)c1. The lowest BCUT2D eigenvalue weighted by Crippen LogP contribution is -2.18. The molecule has 12 heteroatoms. The Balaban J connectivity index is 1.35. The van der Waals surface area contributed by atoms with E-state index in [0.29, 0.717) is 34.0 Å². The van der Waals surface area contributed by atoms with Gasteiger partial charge in [0.2, 0.25) is 0 Å². The number of hydrogen-bond donors (Lipinski definition) is 2. The number of amides is 1. The van der Waals surface area contributed by atoms with Crippen molar-refractivity contribution in [3.63, 3.8) is 0 Å². The van der Waals surface area contributed by atoms with E-state index in [4.69, 9.17) is 30.5 Å². The number of carbonyl (C=O) groups is 3. The minimum atomic E-state index is -0.679. The van der Waals surface area contributed by atoms with Gasteiger partial charge in [-0.15, -0.1) is 0 Å². The zero-order valence-electron chi connectivity index (χ0n) is 24.9. The van der Waals surface area contributed by atoms with Crippen molar-refractivity contribution in [2.45, 2.75) is 13.8 Å². The molecule has 0 aliphatic rings. The fraction of sp³-hybridized carbons (Fsp3) is 0.118. The molecule has 234 valence electrons. The van der Waals surface area contributed by atoms with Gasteiger partial charge in [0.15, 0.2) is 23.0 Å². The van der Waals surface area contributed by atoms with Crippen molar-refractivity contribution in [1.82, 2.24) is 10.4 Å². The summed E-state index contributed by atoms with van der Waals surface area (Å²) in [6.45, 7) is 3.36. The highest BCUT2D eigenvalue weighted by Crippen LogP contribution is 2.38. The van der Waals surface area contributed by atoms with Crippen LogP contribution in [0.1, 0.15) is 40.3 Å². The van der Waals surface area contributed by atoms with Crippen molar-refractivity contribution in [3.05, 3.63) is 105 Å². The molecule has 0 spiro atoms. The van der Waals surface area contributed by atoms with Gasteiger partial charge in [0.1, 0.15) is 5.69 Å². The van der Waals surface area contributed by atoms with Gasteiger partial charge in [0.25, 0.3) is 5.91 Å². The second-order valence-corrected chi connectivity index (χ2v) is 11.1. The Labute approximate surface area is 277 Å². The van der Waals surface area contributed by atoms with E-state index in [1.165, 1.54) is 38.4 Å². The van der Waals surface area contributed by atoms with Crippen LogP contribution in [-0.4, -0.2) is 42.8 Å². The Hall–Kier alpha value is -5.13. The molecule has 46 heavy (non-hydrogen) atoms. The largest absolute Gasteiger partial charge is 0.493 e. The van der Waals surface area contributed by atoms with Crippen LogP contribution < -0.4 is 24.4 Å². The summed E-state index contributed by atoms with van der Waals surface area (Å²) in [6.07, 6.45) is 1.44. The fourth-order valence-corrected chi connectivity index (χ4v) is 5.52. The number of nitrogens with one attached hydrogen (secondary N) is 2. The molecule has 1 aromatic heterocycles. The number of fused-ring (bicyclic) bond motifs is 1. The van der Waals surface area contributed by atoms with Crippen molar-refractivity contribution >= 4 is 62.5 Å². The summed E-state index contributed by atoms with van der Waals surface area (Å²) in [5, 5.41) is 5.40. The molecule has 1 heterocycles. The maximum absolute atomic E-state index is 13.4. The predicted molar refractivity (Wildman–Crippen MR) is 178 cm³/mol. The summed E-state index contributed by atoms with van der Waals surface area (Å²) in [5.74, 6) is -0.836. The number of esters is 2. The standard InChI is InChI=1S/C34H27BrClN3O7/c1-4-44-29-14-20(10-12-27(29)46-34(42)22-11-13-26(45-19(2)40)28(15-22)43-3)18-37-39-33(41)32-30(21-8-6-5-7-9-21)24-16-23(35)17-25(36)31(24)38-32/h5-18,38H,4H2,1-3H3,(H,39,41). The molecule has 1 amide bonds. The first-order valence-electron chi connectivity index (χ1n) is 13.9. The zero-order valence-corrected chi connectivity index (χ0v) is 27.2. The molecule has 4 aromatic carbocycles. The number of rotatable bonds is 10. The summed E-state index contributed by atoms with van der Waals surface area (Å²) in [6, 6.07) is 22.3. The predicted octanol–water partition coefficient (Wildman–Crippen LogP) is 7.57. The fourth-order valence-electron chi connectivity index (χ4n) is 4.67. The molecule has 0 aliphatic carbocycles. The summed E-state index contributed by atoms with van der Waals surface area (Å²) in [7, 11) is 1.39. The number of methoxy groups -OCH3 is 1. The number of hydrazone groups is 1. The van der Waals surface area contributed by atoms with Gasteiger partial charge in [-0.2, -0.15) is 5.10 Å². The van der Waals surface area contributed by atoms with Gasteiger partial charge in [-0.3, -0.25) is 9.59 Å². The molecule has 5 rings (SSSR count). The molecule has 0 atom stereocenters. The zero-order chi connectivity index (χ0) is 32.8. The molecule has 0 aliphatic heterocycles. The summed E-state index contributed by atoms with van der Waals surface area (Å²) >= 11 is 9.98. The van der Waals surface area contributed by atoms with E-state index < -0.39 is 17.8 Å². The lowest BCUT2D eigenvalue weighted by atomic mass is 10.0. The number of carbonyl (C=O) groups excluding carboxylic acids is 3. The van der Waals surface area contributed by atoms with Crippen LogP contribution in [0.25, 0.3) is 22.0 Å². The Morgan fingerprint density at radius 3 is 2.39 bits per heavy atom.